The Balaban J connectivity index is 2.52. The summed E-state index contributed by atoms with van der Waals surface area (Å²) < 4.78 is 2.01. The third-order valence-electron chi connectivity index (χ3n) is 1.75. The fourth-order valence-electron chi connectivity index (χ4n) is 0.989. The van der Waals surface area contributed by atoms with Gasteiger partial charge in [-0.15, -0.1) is 0 Å². The average molecular weight is 164 g/mol. The van der Waals surface area contributed by atoms with E-state index >= 15 is 0 Å². The van der Waals surface area contributed by atoms with Crippen LogP contribution in [0.4, 0.5) is 0 Å². The van der Waals surface area contributed by atoms with Crippen LogP contribution in [0.3, 0.4) is 0 Å². The lowest BCUT2D eigenvalue weighted by Gasteiger charge is -1.97. The van der Waals surface area contributed by atoms with Crippen LogP contribution in [0.5, 0.6) is 0 Å². The van der Waals surface area contributed by atoms with Crippen LogP contribution in [-0.4, -0.2) is 9.55 Å². The fraction of sp³-hybridized carbons (Fsp3) is 0.500. The van der Waals surface area contributed by atoms with E-state index in [-0.39, 0.29) is 0 Å². The van der Waals surface area contributed by atoms with Crippen LogP contribution in [0.25, 0.3) is 6.08 Å². The third kappa shape index (κ3) is 2.53. The van der Waals surface area contributed by atoms with E-state index in [1.54, 1.807) is 0 Å². The summed E-state index contributed by atoms with van der Waals surface area (Å²) in [4.78, 5) is 4.03. The molecule has 0 amide bonds. The first-order valence-electron chi connectivity index (χ1n) is 4.33. The number of hydrogen-bond acceptors (Lipinski definition) is 1. The van der Waals surface area contributed by atoms with E-state index in [1.807, 2.05) is 24.1 Å². The summed E-state index contributed by atoms with van der Waals surface area (Å²) in [6, 6.07) is 0. The van der Waals surface area contributed by atoms with Gasteiger partial charge in [-0.3, -0.25) is 0 Å². The zero-order chi connectivity index (χ0) is 8.97. The minimum Gasteiger partial charge on any atom is -0.334 e. The lowest BCUT2D eigenvalue weighted by Crippen LogP contribution is -1.87. The molecule has 0 bridgehead atoms. The molecule has 1 heterocycles. The molecule has 0 spiro atoms. The lowest BCUT2D eigenvalue weighted by molar-refractivity contribution is 0.665. The monoisotopic (exact) mass is 164 g/mol. The van der Waals surface area contributed by atoms with Gasteiger partial charge in [0.05, 0.1) is 18.2 Å². The van der Waals surface area contributed by atoms with E-state index < -0.39 is 0 Å². The van der Waals surface area contributed by atoms with Crippen LogP contribution >= 0.6 is 0 Å². The number of allylic oxidation sites excluding steroid dienone is 1. The molecule has 1 aromatic rings. The highest BCUT2D eigenvalue weighted by molar-refractivity contribution is 5.43. The second-order valence-corrected chi connectivity index (χ2v) is 3.46. The first-order valence-corrected chi connectivity index (χ1v) is 4.33. The molecule has 0 aliphatic rings. The molecule has 66 valence electrons. The first kappa shape index (κ1) is 9.04. The van der Waals surface area contributed by atoms with Crippen molar-refractivity contribution < 1.29 is 0 Å². The Morgan fingerprint density at radius 1 is 1.58 bits per heavy atom. The predicted molar refractivity (Wildman–Crippen MR) is 51.7 cm³/mol. The smallest absolute Gasteiger partial charge is 0.0948 e. The second-order valence-electron chi connectivity index (χ2n) is 3.46. The van der Waals surface area contributed by atoms with Gasteiger partial charge in [0.25, 0.3) is 0 Å². The predicted octanol–water partition coefficient (Wildman–Crippen LogP) is 2.48. The van der Waals surface area contributed by atoms with Gasteiger partial charge in [-0.1, -0.05) is 19.9 Å². The number of rotatable bonds is 3. The third-order valence-corrected chi connectivity index (χ3v) is 1.75. The molecule has 0 atom stereocenters. The van der Waals surface area contributed by atoms with Crippen molar-refractivity contribution in [2.45, 2.75) is 20.3 Å². The van der Waals surface area contributed by atoms with Crippen molar-refractivity contribution >= 4 is 6.08 Å². The quantitative estimate of drug-likeness (QED) is 0.671. The van der Waals surface area contributed by atoms with E-state index in [9.17, 15) is 0 Å². The van der Waals surface area contributed by atoms with Crippen LogP contribution in [-0.2, 0) is 7.05 Å². The molecule has 0 aliphatic heterocycles. The van der Waals surface area contributed by atoms with Crippen molar-refractivity contribution in [3.63, 3.8) is 0 Å². The van der Waals surface area contributed by atoms with Gasteiger partial charge in [-0.2, -0.15) is 0 Å². The number of imidazole rings is 1. The Hall–Kier alpha value is -1.05. The van der Waals surface area contributed by atoms with Crippen LogP contribution in [0.15, 0.2) is 18.6 Å². The number of aromatic nitrogens is 2. The Labute approximate surface area is 73.9 Å². The molecule has 1 rings (SSSR count). The zero-order valence-corrected chi connectivity index (χ0v) is 7.99. The van der Waals surface area contributed by atoms with Crippen LogP contribution in [0.1, 0.15) is 26.0 Å². The standard InChI is InChI=1S/C10H16N2/c1-9(2)5-4-6-10-7-11-8-12(10)3/h4,6-9H,5H2,1-3H3/b6-4+. The number of hydrogen-bond donors (Lipinski definition) is 0. The number of nitrogens with zero attached hydrogens (tertiary/aromatic N) is 2. The molecule has 1 aromatic heterocycles. The molecule has 0 N–H and O–H groups in total. The molecule has 2 nitrogen and oxygen atoms in total. The maximum absolute atomic E-state index is 4.03. The Kier molecular flexibility index (Phi) is 3.09. The molecule has 0 saturated carbocycles. The molecular formula is C10H16N2. The molecule has 0 aromatic carbocycles. The zero-order valence-electron chi connectivity index (χ0n) is 7.99. The highest BCUT2D eigenvalue weighted by Gasteiger charge is 1.92. The summed E-state index contributed by atoms with van der Waals surface area (Å²) in [5, 5.41) is 0. The highest BCUT2D eigenvalue weighted by atomic mass is 15.0. The maximum Gasteiger partial charge on any atom is 0.0948 e. The Morgan fingerprint density at radius 2 is 2.33 bits per heavy atom. The minimum absolute atomic E-state index is 0.731. The van der Waals surface area contributed by atoms with Gasteiger partial charge in [0.1, 0.15) is 0 Å². The van der Waals surface area contributed by atoms with E-state index in [0.29, 0.717) is 0 Å². The van der Waals surface area contributed by atoms with E-state index in [0.717, 1.165) is 18.0 Å². The van der Waals surface area contributed by atoms with Crippen LogP contribution in [0.2, 0.25) is 0 Å². The molecule has 0 saturated heterocycles. The molecule has 0 unspecified atom stereocenters. The maximum atomic E-state index is 4.03. The first-order chi connectivity index (χ1) is 5.70. The molecule has 0 fully saturated rings. The summed E-state index contributed by atoms with van der Waals surface area (Å²) in [5.74, 6) is 0.731. The Morgan fingerprint density at radius 3 is 2.83 bits per heavy atom. The van der Waals surface area contributed by atoms with Crippen molar-refractivity contribution in [1.82, 2.24) is 9.55 Å². The summed E-state index contributed by atoms with van der Waals surface area (Å²) in [5.41, 5.74) is 1.16. The molecule has 0 radical (unpaired) electrons. The average Bonchev–Trinajstić information content (AvgIpc) is 2.36. The van der Waals surface area contributed by atoms with Gasteiger partial charge in [0, 0.05) is 7.05 Å². The van der Waals surface area contributed by atoms with E-state index in [1.165, 1.54) is 0 Å². The summed E-state index contributed by atoms with van der Waals surface area (Å²) in [7, 11) is 2.00. The van der Waals surface area contributed by atoms with Gasteiger partial charge >= 0.3 is 0 Å². The van der Waals surface area contributed by atoms with Gasteiger partial charge in [0.2, 0.25) is 0 Å². The van der Waals surface area contributed by atoms with Gasteiger partial charge < -0.3 is 4.57 Å². The van der Waals surface area contributed by atoms with Gasteiger partial charge in [0.15, 0.2) is 0 Å². The second kappa shape index (κ2) is 4.10. The largest absolute Gasteiger partial charge is 0.334 e. The van der Waals surface area contributed by atoms with E-state index in [2.05, 4.69) is 31.0 Å². The Bertz CT molecular complexity index is 259. The summed E-state index contributed by atoms with van der Waals surface area (Å²) in [6.45, 7) is 4.43. The normalized spacial score (nSPS) is 11.7. The lowest BCUT2D eigenvalue weighted by atomic mass is 10.1. The van der Waals surface area contributed by atoms with Crippen molar-refractivity contribution in [2.75, 3.05) is 0 Å². The van der Waals surface area contributed by atoms with Crippen molar-refractivity contribution in [1.29, 1.82) is 0 Å². The van der Waals surface area contributed by atoms with Crippen LogP contribution in [0, 0.1) is 5.92 Å². The van der Waals surface area contributed by atoms with Gasteiger partial charge in [-0.05, 0) is 18.4 Å². The number of aryl methyl sites for hydroxylation is 1. The fourth-order valence-corrected chi connectivity index (χ4v) is 0.989. The minimum atomic E-state index is 0.731. The summed E-state index contributed by atoms with van der Waals surface area (Å²) in [6.07, 6.45) is 9.13. The van der Waals surface area contributed by atoms with Crippen molar-refractivity contribution in [3.05, 3.63) is 24.3 Å². The van der Waals surface area contributed by atoms with Crippen molar-refractivity contribution in [3.8, 4) is 0 Å². The molecule has 2 heteroatoms. The molecule has 12 heavy (non-hydrogen) atoms. The van der Waals surface area contributed by atoms with Gasteiger partial charge in [-0.25, -0.2) is 4.98 Å². The topological polar surface area (TPSA) is 17.8 Å². The highest BCUT2D eigenvalue weighted by Crippen LogP contribution is 2.04. The van der Waals surface area contributed by atoms with E-state index in [4.69, 9.17) is 0 Å². The summed E-state index contributed by atoms with van der Waals surface area (Å²) >= 11 is 0. The molecule has 0 aliphatic carbocycles. The van der Waals surface area contributed by atoms with Crippen LogP contribution < -0.4 is 0 Å². The van der Waals surface area contributed by atoms with Crippen molar-refractivity contribution in [2.24, 2.45) is 13.0 Å². The molecular weight excluding hydrogens is 148 g/mol. The SMILES string of the molecule is CC(C)C/C=C/c1cncn1C.